The average Bonchev–Trinajstić information content (AvgIpc) is 3.11. The second-order valence-electron chi connectivity index (χ2n) is 5.33. The molecule has 1 saturated carbocycles. The molecule has 1 aliphatic heterocycles. The minimum Gasteiger partial charge on any atom is -0.364 e. The molecule has 0 aromatic heterocycles. The molecule has 1 aromatic carbocycles. The summed E-state index contributed by atoms with van der Waals surface area (Å²) in [4.78, 5) is 0. The molecular formula is C15H20O. The van der Waals surface area contributed by atoms with Crippen molar-refractivity contribution in [2.24, 2.45) is 5.92 Å². The number of benzene rings is 1. The minimum atomic E-state index is 0.406. The van der Waals surface area contributed by atoms with Crippen LogP contribution in [0.15, 0.2) is 24.3 Å². The number of epoxide rings is 1. The SMILES string of the molecule is Cc1ccc([C@@H]2O[C@@H]2C2CCCCC2)cc1. The van der Waals surface area contributed by atoms with Crippen molar-refractivity contribution in [2.75, 3.05) is 0 Å². The summed E-state index contributed by atoms with van der Waals surface area (Å²) in [6.07, 6.45) is 7.95. The van der Waals surface area contributed by atoms with Gasteiger partial charge in [0.05, 0.1) is 6.10 Å². The van der Waals surface area contributed by atoms with E-state index in [1.54, 1.807) is 0 Å². The van der Waals surface area contributed by atoms with E-state index in [2.05, 4.69) is 31.2 Å². The summed E-state index contributed by atoms with van der Waals surface area (Å²) in [6, 6.07) is 8.83. The highest BCUT2D eigenvalue weighted by Crippen LogP contribution is 2.47. The number of ether oxygens (including phenoxy) is 1. The van der Waals surface area contributed by atoms with Gasteiger partial charge in [0.1, 0.15) is 6.10 Å². The maximum atomic E-state index is 5.88. The molecule has 0 amide bonds. The summed E-state index contributed by atoms with van der Waals surface area (Å²) in [5.74, 6) is 0.833. The Balaban J connectivity index is 1.64. The van der Waals surface area contributed by atoms with Gasteiger partial charge in [0.2, 0.25) is 0 Å². The Kier molecular flexibility index (Phi) is 2.72. The summed E-state index contributed by atoms with van der Waals surface area (Å²) < 4.78 is 5.88. The van der Waals surface area contributed by atoms with Crippen molar-refractivity contribution in [3.8, 4) is 0 Å². The second kappa shape index (κ2) is 4.21. The largest absolute Gasteiger partial charge is 0.364 e. The summed E-state index contributed by atoms with van der Waals surface area (Å²) in [5, 5.41) is 0. The topological polar surface area (TPSA) is 12.5 Å². The lowest BCUT2D eigenvalue weighted by Crippen LogP contribution is -2.12. The van der Waals surface area contributed by atoms with Crippen LogP contribution in [0.2, 0.25) is 0 Å². The molecule has 0 radical (unpaired) electrons. The van der Waals surface area contributed by atoms with E-state index in [1.165, 1.54) is 43.2 Å². The standard InChI is InChI=1S/C15H20O/c1-11-7-9-13(10-8-11)15-14(16-15)12-5-3-2-4-6-12/h7-10,12,14-15H,2-6H2,1H3/t14-,15+/m1/s1. The van der Waals surface area contributed by atoms with Crippen LogP contribution < -0.4 is 0 Å². The molecule has 0 N–H and O–H groups in total. The average molecular weight is 216 g/mol. The van der Waals surface area contributed by atoms with Gasteiger partial charge in [0, 0.05) is 0 Å². The van der Waals surface area contributed by atoms with Gasteiger partial charge in [-0.05, 0) is 31.2 Å². The molecule has 1 aliphatic carbocycles. The van der Waals surface area contributed by atoms with Crippen LogP contribution in [-0.4, -0.2) is 6.10 Å². The van der Waals surface area contributed by atoms with Crippen LogP contribution in [-0.2, 0) is 4.74 Å². The number of rotatable bonds is 2. The van der Waals surface area contributed by atoms with Gasteiger partial charge < -0.3 is 4.74 Å². The van der Waals surface area contributed by atoms with Gasteiger partial charge in [-0.1, -0.05) is 49.1 Å². The van der Waals surface area contributed by atoms with Crippen LogP contribution in [0.25, 0.3) is 0 Å². The highest BCUT2D eigenvalue weighted by Gasteiger charge is 2.45. The molecule has 3 rings (SSSR count). The summed E-state index contributed by atoms with van der Waals surface area (Å²) in [6.45, 7) is 2.14. The first kappa shape index (κ1) is 10.3. The van der Waals surface area contributed by atoms with Crippen molar-refractivity contribution >= 4 is 0 Å². The number of hydrogen-bond donors (Lipinski definition) is 0. The Morgan fingerprint density at radius 2 is 1.69 bits per heavy atom. The monoisotopic (exact) mass is 216 g/mol. The first-order chi connectivity index (χ1) is 7.84. The van der Waals surface area contributed by atoms with E-state index in [4.69, 9.17) is 4.74 Å². The number of aryl methyl sites for hydroxylation is 1. The zero-order valence-corrected chi connectivity index (χ0v) is 9.99. The number of hydrogen-bond acceptors (Lipinski definition) is 1. The van der Waals surface area contributed by atoms with Crippen LogP contribution in [0.4, 0.5) is 0 Å². The highest BCUT2D eigenvalue weighted by atomic mass is 16.6. The minimum absolute atomic E-state index is 0.406. The van der Waals surface area contributed by atoms with Crippen LogP contribution in [0.5, 0.6) is 0 Å². The third kappa shape index (κ3) is 2.01. The van der Waals surface area contributed by atoms with Gasteiger partial charge >= 0.3 is 0 Å². The van der Waals surface area contributed by atoms with Gasteiger partial charge in [0.15, 0.2) is 0 Å². The van der Waals surface area contributed by atoms with Gasteiger partial charge in [-0.15, -0.1) is 0 Å². The summed E-state index contributed by atoms with van der Waals surface area (Å²) in [7, 11) is 0. The fourth-order valence-corrected chi connectivity index (χ4v) is 2.97. The lowest BCUT2D eigenvalue weighted by molar-refractivity contribution is 0.262. The first-order valence-electron chi connectivity index (χ1n) is 6.56. The van der Waals surface area contributed by atoms with Crippen LogP contribution in [0, 0.1) is 12.8 Å². The summed E-state index contributed by atoms with van der Waals surface area (Å²) >= 11 is 0. The van der Waals surface area contributed by atoms with Crippen molar-refractivity contribution in [1.82, 2.24) is 0 Å². The van der Waals surface area contributed by atoms with Crippen molar-refractivity contribution in [3.63, 3.8) is 0 Å². The molecule has 1 heterocycles. The molecule has 2 aliphatic rings. The molecule has 1 nitrogen and oxygen atoms in total. The third-order valence-corrected chi connectivity index (χ3v) is 4.05. The second-order valence-corrected chi connectivity index (χ2v) is 5.33. The van der Waals surface area contributed by atoms with Crippen molar-refractivity contribution in [3.05, 3.63) is 35.4 Å². The van der Waals surface area contributed by atoms with Crippen molar-refractivity contribution in [1.29, 1.82) is 0 Å². The quantitative estimate of drug-likeness (QED) is 0.680. The van der Waals surface area contributed by atoms with Gasteiger partial charge in [-0.25, -0.2) is 0 Å². The van der Waals surface area contributed by atoms with E-state index in [0.29, 0.717) is 12.2 Å². The molecule has 0 unspecified atom stereocenters. The summed E-state index contributed by atoms with van der Waals surface area (Å²) in [5.41, 5.74) is 2.71. The molecule has 2 atom stereocenters. The lowest BCUT2D eigenvalue weighted by atomic mass is 9.85. The van der Waals surface area contributed by atoms with Crippen LogP contribution in [0.1, 0.15) is 49.3 Å². The van der Waals surface area contributed by atoms with E-state index in [9.17, 15) is 0 Å². The molecule has 0 bridgehead atoms. The molecular weight excluding hydrogens is 196 g/mol. The predicted molar refractivity (Wildman–Crippen MR) is 65.4 cm³/mol. The molecule has 1 saturated heterocycles. The predicted octanol–water partition coefficient (Wildman–Crippen LogP) is 4.02. The molecule has 0 spiro atoms. The van der Waals surface area contributed by atoms with E-state index in [-0.39, 0.29) is 0 Å². The van der Waals surface area contributed by atoms with E-state index in [1.807, 2.05) is 0 Å². The lowest BCUT2D eigenvalue weighted by Gasteiger charge is -2.19. The third-order valence-electron chi connectivity index (χ3n) is 4.05. The van der Waals surface area contributed by atoms with Gasteiger partial charge in [0.25, 0.3) is 0 Å². The maximum absolute atomic E-state index is 5.88. The smallest absolute Gasteiger partial charge is 0.109 e. The molecule has 1 aromatic rings. The first-order valence-corrected chi connectivity index (χ1v) is 6.56. The van der Waals surface area contributed by atoms with Crippen LogP contribution in [0.3, 0.4) is 0 Å². The fourth-order valence-electron chi connectivity index (χ4n) is 2.97. The van der Waals surface area contributed by atoms with Crippen molar-refractivity contribution < 1.29 is 4.74 Å². The fraction of sp³-hybridized carbons (Fsp3) is 0.600. The van der Waals surface area contributed by atoms with Gasteiger partial charge in [-0.2, -0.15) is 0 Å². The molecule has 2 fully saturated rings. The van der Waals surface area contributed by atoms with Crippen molar-refractivity contribution in [2.45, 2.75) is 51.2 Å². The Hall–Kier alpha value is -0.820. The Morgan fingerprint density at radius 1 is 1.00 bits per heavy atom. The highest BCUT2D eigenvalue weighted by molar-refractivity contribution is 5.26. The molecule has 16 heavy (non-hydrogen) atoms. The molecule has 1 heteroatoms. The van der Waals surface area contributed by atoms with E-state index < -0.39 is 0 Å². The van der Waals surface area contributed by atoms with Gasteiger partial charge in [-0.3, -0.25) is 0 Å². The van der Waals surface area contributed by atoms with E-state index in [0.717, 1.165) is 5.92 Å². The Bertz CT molecular complexity index is 348. The zero-order chi connectivity index (χ0) is 11.0. The maximum Gasteiger partial charge on any atom is 0.109 e. The normalized spacial score (nSPS) is 30.3. The Morgan fingerprint density at radius 3 is 2.38 bits per heavy atom. The van der Waals surface area contributed by atoms with Crippen LogP contribution >= 0.6 is 0 Å². The zero-order valence-electron chi connectivity index (χ0n) is 9.99. The van der Waals surface area contributed by atoms with E-state index >= 15 is 0 Å². The molecule has 86 valence electrons. The Labute approximate surface area is 97.8 Å².